The van der Waals surface area contributed by atoms with Crippen LogP contribution in [-0.2, 0) is 11.2 Å². The van der Waals surface area contributed by atoms with Crippen LogP contribution in [0.25, 0.3) is 0 Å². The highest BCUT2D eigenvalue weighted by molar-refractivity contribution is 5.45. The molecule has 1 aromatic carbocycles. The quantitative estimate of drug-likeness (QED) is 0.754. The summed E-state index contributed by atoms with van der Waals surface area (Å²) in [6.07, 6.45) is 3.19. The van der Waals surface area contributed by atoms with Crippen LogP contribution < -0.4 is 10.1 Å². The minimum atomic E-state index is 0.360. The maximum absolute atomic E-state index is 5.77. The van der Waals surface area contributed by atoms with Crippen LogP contribution in [-0.4, -0.2) is 26.9 Å². The van der Waals surface area contributed by atoms with E-state index in [1.165, 1.54) is 11.1 Å². The summed E-state index contributed by atoms with van der Waals surface area (Å²) in [5, 5.41) is 3.39. The number of hydrogen-bond donors (Lipinski definition) is 1. The van der Waals surface area contributed by atoms with Crippen LogP contribution in [0, 0.1) is 0 Å². The van der Waals surface area contributed by atoms with Gasteiger partial charge in [-0.05, 0) is 32.4 Å². The number of hydrogen-bond acceptors (Lipinski definition) is 3. The van der Waals surface area contributed by atoms with Crippen LogP contribution >= 0.6 is 0 Å². The molecule has 1 unspecified atom stereocenters. The molecule has 1 aliphatic rings. The van der Waals surface area contributed by atoms with Gasteiger partial charge in [-0.3, -0.25) is 0 Å². The van der Waals surface area contributed by atoms with E-state index in [4.69, 9.17) is 9.47 Å². The van der Waals surface area contributed by atoms with Crippen LogP contribution in [0.4, 0.5) is 0 Å². The molecule has 0 radical (unpaired) electrons. The Morgan fingerprint density at radius 3 is 3.11 bits per heavy atom. The molecule has 1 atom stereocenters. The van der Waals surface area contributed by atoms with Crippen LogP contribution in [0.15, 0.2) is 18.2 Å². The van der Waals surface area contributed by atoms with E-state index < -0.39 is 0 Å². The van der Waals surface area contributed by atoms with Gasteiger partial charge in [-0.1, -0.05) is 18.2 Å². The largest absolute Gasteiger partial charge is 0.493 e. The van der Waals surface area contributed by atoms with Gasteiger partial charge in [0.1, 0.15) is 5.75 Å². The molecule has 0 spiro atoms. The fraction of sp³-hybridized carbons (Fsp3) is 0.600. The normalized spacial score (nSPS) is 15.2. The summed E-state index contributed by atoms with van der Waals surface area (Å²) in [5.74, 6) is 1.10. The van der Waals surface area contributed by atoms with Crippen molar-refractivity contribution in [2.24, 2.45) is 0 Å². The van der Waals surface area contributed by atoms with Crippen molar-refractivity contribution in [1.29, 1.82) is 0 Å². The van der Waals surface area contributed by atoms with Gasteiger partial charge in [-0.15, -0.1) is 0 Å². The van der Waals surface area contributed by atoms with Gasteiger partial charge in [-0.2, -0.15) is 0 Å². The highest BCUT2D eigenvalue weighted by atomic mass is 16.5. The first-order chi connectivity index (χ1) is 8.86. The SMILES string of the molecule is CCOCCCC(NC)c1cccc2c1OCC2. The molecule has 2 rings (SSSR count). The second kappa shape index (κ2) is 6.76. The number of para-hydroxylation sites is 1. The minimum Gasteiger partial charge on any atom is -0.493 e. The van der Waals surface area contributed by atoms with Crippen molar-refractivity contribution in [3.63, 3.8) is 0 Å². The fourth-order valence-electron chi connectivity index (χ4n) is 2.50. The van der Waals surface area contributed by atoms with Crippen LogP contribution in [0.2, 0.25) is 0 Å². The lowest BCUT2D eigenvalue weighted by molar-refractivity contribution is 0.141. The lowest BCUT2D eigenvalue weighted by Gasteiger charge is -2.19. The fourth-order valence-corrected chi connectivity index (χ4v) is 2.50. The Balaban J connectivity index is 2.01. The van der Waals surface area contributed by atoms with E-state index in [1.54, 1.807) is 0 Å². The molecule has 0 fully saturated rings. The van der Waals surface area contributed by atoms with E-state index in [0.29, 0.717) is 6.04 Å². The van der Waals surface area contributed by atoms with Crippen LogP contribution in [0.1, 0.15) is 36.9 Å². The van der Waals surface area contributed by atoms with Crippen molar-refractivity contribution in [3.8, 4) is 5.75 Å². The summed E-state index contributed by atoms with van der Waals surface area (Å²) in [6.45, 7) is 4.49. The molecule has 100 valence electrons. The second-order valence-electron chi connectivity index (χ2n) is 4.61. The van der Waals surface area contributed by atoms with Crippen molar-refractivity contribution < 1.29 is 9.47 Å². The molecule has 18 heavy (non-hydrogen) atoms. The molecular weight excluding hydrogens is 226 g/mol. The van der Waals surface area contributed by atoms with Crippen LogP contribution in [0.5, 0.6) is 5.75 Å². The van der Waals surface area contributed by atoms with Gasteiger partial charge in [0.15, 0.2) is 0 Å². The highest BCUT2D eigenvalue weighted by Gasteiger charge is 2.20. The van der Waals surface area contributed by atoms with E-state index in [1.807, 2.05) is 14.0 Å². The molecule has 1 heterocycles. The van der Waals surface area contributed by atoms with Crippen molar-refractivity contribution in [1.82, 2.24) is 5.32 Å². The smallest absolute Gasteiger partial charge is 0.127 e. The number of ether oxygens (including phenoxy) is 2. The highest BCUT2D eigenvalue weighted by Crippen LogP contribution is 2.34. The Hall–Kier alpha value is -1.06. The van der Waals surface area contributed by atoms with Gasteiger partial charge >= 0.3 is 0 Å². The third-order valence-electron chi connectivity index (χ3n) is 3.45. The van der Waals surface area contributed by atoms with Gasteiger partial charge < -0.3 is 14.8 Å². The number of rotatable bonds is 7. The molecule has 0 saturated carbocycles. The number of nitrogens with one attached hydrogen (secondary N) is 1. The minimum absolute atomic E-state index is 0.360. The lowest BCUT2D eigenvalue weighted by Crippen LogP contribution is -2.17. The molecule has 1 aromatic rings. The molecule has 0 aromatic heterocycles. The lowest BCUT2D eigenvalue weighted by atomic mass is 9.98. The molecule has 3 heteroatoms. The molecule has 3 nitrogen and oxygen atoms in total. The monoisotopic (exact) mass is 249 g/mol. The van der Waals surface area contributed by atoms with E-state index >= 15 is 0 Å². The van der Waals surface area contributed by atoms with Crippen molar-refractivity contribution in [2.75, 3.05) is 26.9 Å². The standard InChI is InChI=1S/C15H23NO2/c1-3-17-10-5-8-14(16-2)13-7-4-6-12-9-11-18-15(12)13/h4,6-7,14,16H,3,5,8-11H2,1-2H3. The zero-order valence-electron chi connectivity index (χ0n) is 11.4. The summed E-state index contributed by atoms with van der Waals surface area (Å²) in [6, 6.07) is 6.83. The van der Waals surface area contributed by atoms with Gasteiger partial charge in [0.05, 0.1) is 6.61 Å². The predicted octanol–water partition coefficient (Wildman–Crippen LogP) is 2.70. The Morgan fingerprint density at radius 1 is 1.44 bits per heavy atom. The topological polar surface area (TPSA) is 30.5 Å². The maximum Gasteiger partial charge on any atom is 0.127 e. The summed E-state index contributed by atoms with van der Waals surface area (Å²) >= 11 is 0. The zero-order valence-corrected chi connectivity index (χ0v) is 11.4. The first kappa shape index (κ1) is 13.4. The molecule has 0 amide bonds. The van der Waals surface area contributed by atoms with E-state index in [2.05, 4.69) is 23.5 Å². The summed E-state index contributed by atoms with van der Waals surface area (Å²) < 4.78 is 11.2. The Kier molecular flexibility index (Phi) is 5.02. The van der Waals surface area contributed by atoms with Gasteiger partial charge in [0, 0.05) is 31.2 Å². The molecule has 0 aliphatic carbocycles. The van der Waals surface area contributed by atoms with Gasteiger partial charge in [0.25, 0.3) is 0 Å². The Labute approximate surface area is 109 Å². The first-order valence-electron chi connectivity index (χ1n) is 6.86. The van der Waals surface area contributed by atoms with Gasteiger partial charge in [0.2, 0.25) is 0 Å². The van der Waals surface area contributed by atoms with Crippen molar-refractivity contribution in [3.05, 3.63) is 29.3 Å². The molecule has 0 saturated heterocycles. The number of benzene rings is 1. The number of fused-ring (bicyclic) bond motifs is 1. The van der Waals surface area contributed by atoms with Crippen molar-refractivity contribution >= 4 is 0 Å². The maximum atomic E-state index is 5.77. The zero-order chi connectivity index (χ0) is 12.8. The summed E-state index contributed by atoms with van der Waals surface area (Å²) in [5.41, 5.74) is 2.64. The summed E-state index contributed by atoms with van der Waals surface area (Å²) in [4.78, 5) is 0. The van der Waals surface area contributed by atoms with E-state index in [9.17, 15) is 0 Å². The second-order valence-corrected chi connectivity index (χ2v) is 4.61. The third-order valence-corrected chi connectivity index (χ3v) is 3.45. The van der Waals surface area contributed by atoms with E-state index in [-0.39, 0.29) is 0 Å². The third kappa shape index (κ3) is 3.03. The van der Waals surface area contributed by atoms with Crippen molar-refractivity contribution in [2.45, 2.75) is 32.2 Å². The van der Waals surface area contributed by atoms with E-state index in [0.717, 1.165) is 44.8 Å². The Bertz CT molecular complexity index is 379. The molecular formula is C15H23NO2. The predicted molar refractivity (Wildman–Crippen MR) is 73.2 cm³/mol. The molecule has 0 bridgehead atoms. The summed E-state index contributed by atoms with van der Waals surface area (Å²) in [7, 11) is 2.01. The molecule has 1 N–H and O–H groups in total. The van der Waals surface area contributed by atoms with Crippen LogP contribution in [0.3, 0.4) is 0 Å². The van der Waals surface area contributed by atoms with Gasteiger partial charge in [-0.25, -0.2) is 0 Å². The Morgan fingerprint density at radius 2 is 2.33 bits per heavy atom. The first-order valence-corrected chi connectivity index (χ1v) is 6.86. The average Bonchev–Trinajstić information content (AvgIpc) is 2.87. The average molecular weight is 249 g/mol. The molecule has 1 aliphatic heterocycles.